The van der Waals surface area contributed by atoms with Gasteiger partial charge in [-0.3, -0.25) is 9.59 Å². The Bertz CT molecular complexity index is 902. The van der Waals surface area contributed by atoms with E-state index in [-0.39, 0.29) is 36.9 Å². The van der Waals surface area contributed by atoms with Gasteiger partial charge < -0.3 is 24.6 Å². The van der Waals surface area contributed by atoms with Gasteiger partial charge in [-0.15, -0.1) is 0 Å². The summed E-state index contributed by atoms with van der Waals surface area (Å²) in [6, 6.07) is 8.45. The smallest absolute Gasteiger partial charge is 0.333 e. The molecule has 1 aromatic rings. The fourth-order valence-electron chi connectivity index (χ4n) is 4.10. The van der Waals surface area contributed by atoms with E-state index in [4.69, 9.17) is 4.74 Å². The number of nitrogens with one attached hydrogen (secondary N) is 1. The van der Waals surface area contributed by atoms with Crippen LogP contribution in [0.3, 0.4) is 0 Å². The highest BCUT2D eigenvalue weighted by molar-refractivity contribution is 6.64. The number of hydrogen-bond acceptors (Lipinski definition) is 6. The molecule has 0 saturated carbocycles. The molecule has 1 rings (SSSR count). The van der Waals surface area contributed by atoms with Crippen LogP contribution in [0.4, 0.5) is 0 Å². The molecular weight excluding hydrogens is 445 g/mol. The number of nitrogens with zero attached hydrogens (tertiary/aromatic N) is 2. The number of rotatable bonds is 13. The third kappa shape index (κ3) is 8.35. The Morgan fingerprint density at radius 2 is 1.74 bits per heavy atom. The molecule has 2 amide bonds. The fourth-order valence-corrected chi connectivity index (χ4v) is 4.10. The summed E-state index contributed by atoms with van der Waals surface area (Å²) in [5.74, 6) is -1.07. The average Bonchev–Trinajstić information content (AvgIpc) is 2.80. The molecule has 0 unspecified atom stereocenters. The first-order valence-electron chi connectivity index (χ1n) is 11.8. The van der Waals surface area contributed by atoms with E-state index in [1.165, 1.54) is 12.3 Å². The van der Waals surface area contributed by atoms with Crippen LogP contribution in [0.2, 0.25) is 0 Å². The van der Waals surface area contributed by atoms with Crippen molar-refractivity contribution in [2.24, 2.45) is 5.92 Å². The molecule has 8 nitrogen and oxygen atoms in total. The van der Waals surface area contributed by atoms with Crippen molar-refractivity contribution in [2.75, 3.05) is 27.2 Å². The van der Waals surface area contributed by atoms with Gasteiger partial charge in [0, 0.05) is 18.0 Å². The molecule has 0 heterocycles. The lowest BCUT2D eigenvalue weighted by atomic mass is 9.73. The van der Waals surface area contributed by atoms with E-state index in [1.807, 2.05) is 58.0 Å². The van der Waals surface area contributed by atoms with Crippen molar-refractivity contribution in [2.45, 2.75) is 59.0 Å². The van der Waals surface area contributed by atoms with Crippen molar-refractivity contribution in [1.82, 2.24) is 15.0 Å². The van der Waals surface area contributed by atoms with Crippen LogP contribution >= 0.6 is 0 Å². The van der Waals surface area contributed by atoms with Gasteiger partial charge in [-0.2, -0.15) is 0 Å². The molecule has 0 aliphatic carbocycles. The van der Waals surface area contributed by atoms with Gasteiger partial charge in [0.2, 0.25) is 11.8 Å². The van der Waals surface area contributed by atoms with Gasteiger partial charge in [0.05, 0.1) is 31.4 Å². The maximum atomic E-state index is 13.3. The number of amides is 2. The first kappa shape index (κ1) is 30.1. The summed E-state index contributed by atoms with van der Waals surface area (Å²) in [6.45, 7) is 11.2. The highest BCUT2D eigenvalue weighted by Crippen LogP contribution is 2.30. The summed E-state index contributed by atoms with van der Waals surface area (Å²) in [6.07, 6.45) is 2.35. The summed E-state index contributed by atoms with van der Waals surface area (Å²) >= 11 is 0. The predicted octanol–water partition coefficient (Wildman–Crippen LogP) is 2.18. The minimum absolute atomic E-state index is 0.0297. The normalized spacial score (nSPS) is 13.7. The van der Waals surface area contributed by atoms with E-state index >= 15 is 0 Å². The van der Waals surface area contributed by atoms with Crippen molar-refractivity contribution < 1.29 is 23.9 Å². The molecule has 1 aromatic carbocycles. The standard InChI is InChI=1S/C26H39BN3O5/c1-9-35-25(34)19(4)15-21(18(2)3)29(7)22(32)16-28-24(33)23(30(8)27-17-31)26(5,6)20-13-11-10-12-14-20/h10-15,17-18,21,23H,9,16H2,1-8H3,(H,28,33)/b19-15+/t21-,23-/m1/s1. The maximum Gasteiger partial charge on any atom is 0.333 e. The molecule has 0 bridgehead atoms. The number of hydrogen-bond donors (Lipinski definition) is 1. The lowest BCUT2D eigenvalue weighted by molar-refractivity contribution is -0.138. The van der Waals surface area contributed by atoms with Crippen LogP contribution in [0.1, 0.15) is 47.1 Å². The summed E-state index contributed by atoms with van der Waals surface area (Å²) in [7, 11) is 4.61. The lowest BCUT2D eigenvalue weighted by Crippen LogP contribution is -2.57. The van der Waals surface area contributed by atoms with E-state index in [2.05, 4.69) is 5.32 Å². The number of carbonyl (C=O) groups is 4. The Kier molecular flexibility index (Phi) is 11.9. The quantitative estimate of drug-likeness (QED) is 0.200. The Balaban J connectivity index is 3.05. The molecule has 0 aromatic heterocycles. The largest absolute Gasteiger partial charge is 0.463 e. The van der Waals surface area contributed by atoms with E-state index in [9.17, 15) is 19.2 Å². The SMILES string of the molecule is CCOC(=O)/C(C)=C/[C@H](C(C)C)N(C)C(=O)CNC(=O)[C@@H](N(C)[B]C=O)C(C)(C)c1ccccc1. The van der Waals surface area contributed by atoms with Crippen LogP contribution in [0.25, 0.3) is 0 Å². The number of likely N-dealkylation sites (N-methyl/N-ethyl adjacent to an activating group) is 2. The highest BCUT2D eigenvalue weighted by atomic mass is 16.5. The number of benzene rings is 1. The van der Waals surface area contributed by atoms with Crippen molar-refractivity contribution >= 4 is 31.4 Å². The Labute approximate surface area is 210 Å². The number of ether oxygens (including phenoxy) is 1. The molecule has 191 valence electrons. The maximum absolute atomic E-state index is 13.3. The van der Waals surface area contributed by atoms with Gasteiger partial charge in [0.15, 0.2) is 0 Å². The van der Waals surface area contributed by atoms with Crippen molar-refractivity contribution in [3.8, 4) is 0 Å². The van der Waals surface area contributed by atoms with Crippen LogP contribution in [0.15, 0.2) is 42.0 Å². The summed E-state index contributed by atoms with van der Waals surface area (Å²) in [4.78, 5) is 52.6. The zero-order chi connectivity index (χ0) is 26.8. The molecule has 0 aliphatic rings. The van der Waals surface area contributed by atoms with E-state index in [0.717, 1.165) is 5.56 Å². The van der Waals surface area contributed by atoms with Crippen molar-refractivity contribution in [3.63, 3.8) is 0 Å². The molecule has 0 spiro atoms. The number of carbonyl (C=O) groups excluding carboxylic acids is 4. The minimum Gasteiger partial charge on any atom is -0.463 e. The molecular formula is C26H39BN3O5. The lowest BCUT2D eigenvalue weighted by Gasteiger charge is -2.39. The second-order valence-electron chi connectivity index (χ2n) is 9.47. The molecule has 2 atom stereocenters. The molecule has 0 saturated heterocycles. The van der Waals surface area contributed by atoms with Gasteiger partial charge in [0.25, 0.3) is 7.41 Å². The number of esters is 1. The van der Waals surface area contributed by atoms with Gasteiger partial charge in [-0.25, -0.2) is 4.79 Å². The zero-order valence-electron chi connectivity index (χ0n) is 22.2. The van der Waals surface area contributed by atoms with E-state index in [1.54, 1.807) is 38.8 Å². The highest BCUT2D eigenvalue weighted by Gasteiger charge is 2.39. The van der Waals surface area contributed by atoms with E-state index < -0.39 is 17.4 Å². The molecule has 0 aliphatic heterocycles. The summed E-state index contributed by atoms with van der Waals surface area (Å²) in [5, 5.41) is 2.75. The third-order valence-corrected chi connectivity index (χ3v) is 6.11. The fraction of sp³-hybridized carbons (Fsp3) is 0.538. The second-order valence-corrected chi connectivity index (χ2v) is 9.47. The molecule has 1 N–H and O–H groups in total. The van der Waals surface area contributed by atoms with Crippen LogP contribution in [0.5, 0.6) is 0 Å². The predicted molar refractivity (Wildman–Crippen MR) is 138 cm³/mol. The second kappa shape index (κ2) is 13.8. The summed E-state index contributed by atoms with van der Waals surface area (Å²) < 4.78 is 5.04. The molecule has 0 fully saturated rings. The Morgan fingerprint density at radius 3 is 2.26 bits per heavy atom. The average molecular weight is 484 g/mol. The van der Waals surface area contributed by atoms with Crippen LogP contribution in [0, 0.1) is 5.92 Å². The van der Waals surface area contributed by atoms with Gasteiger partial charge in [0.1, 0.15) is 0 Å². The van der Waals surface area contributed by atoms with E-state index in [0.29, 0.717) is 11.8 Å². The van der Waals surface area contributed by atoms with Gasteiger partial charge >= 0.3 is 5.97 Å². The van der Waals surface area contributed by atoms with Crippen LogP contribution in [-0.2, 0) is 29.3 Å². The minimum atomic E-state index is -0.736. The first-order chi connectivity index (χ1) is 16.4. The van der Waals surface area contributed by atoms with Crippen LogP contribution < -0.4 is 5.32 Å². The first-order valence-corrected chi connectivity index (χ1v) is 11.8. The topological polar surface area (TPSA) is 96.0 Å². The van der Waals surface area contributed by atoms with Crippen LogP contribution in [-0.4, -0.2) is 80.4 Å². The Morgan fingerprint density at radius 1 is 1.14 bits per heavy atom. The zero-order valence-corrected chi connectivity index (χ0v) is 22.2. The van der Waals surface area contributed by atoms with Crippen molar-refractivity contribution in [1.29, 1.82) is 0 Å². The Hall–Kier alpha value is -2.94. The monoisotopic (exact) mass is 484 g/mol. The van der Waals surface area contributed by atoms with Gasteiger partial charge in [-0.05, 0) is 32.4 Å². The van der Waals surface area contributed by atoms with Gasteiger partial charge in [-0.1, -0.05) is 64.1 Å². The summed E-state index contributed by atoms with van der Waals surface area (Å²) in [5.41, 5.74) is 0.688. The molecule has 9 heteroatoms. The van der Waals surface area contributed by atoms with Crippen molar-refractivity contribution in [3.05, 3.63) is 47.5 Å². The third-order valence-electron chi connectivity index (χ3n) is 6.11. The molecule has 1 radical (unpaired) electrons. The molecule has 35 heavy (non-hydrogen) atoms.